The summed E-state index contributed by atoms with van der Waals surface area (Å²) in [6.45, 7) is 6.99. The minimum Gasteiger partial charge on any atom is -0.379 e. The van der Waals surface area contributed by atoms with Gasteiger partial charge in [0.1, 0.15) is 0 Å². The van der Waals surface area contributed by atoms with Crippen LogP contribution >= 0.6 is 27.3 Å². The second kappa shape index (κ2) is 6.39. The molecular formula is C14H18BrN3OS. The molecular weight excluding hydrogens is 338 g/mol. The van der Waals surface area contributed by atoms with Gasteiger partial charge in [0.2, 0.25) is 0 Å². The molecule has 1 fully saturated rings. The largest absolute Gasteiger partial charge is 0.379 e. The van der Waals surface area contributed by atoms with Crippen molar-refractivity contribution in [3.05, 3.63) is 22.7 Å². The Hall–Kier alpha value is -0.690. The maximum atomic E-state index is 5.37. The van der Waals surface area contributed by atoms with Gasteiger partial charge in [0, 0.05) is 30.1 Å². The summed E-state index contributed by atoms with van der Waals surface area (Å²) >= 11 is 5.19. The molecule has 0 aliphatic carbocycles. The van der Waals surface area contributed by atoms with Crippen LogP contribution in [-0.2, 0) is 4.74 Å². The van der Waals surface area contributed by atoms with Crippen LogP contribution in [0.5, 0.6) is 0 Å². The van der Waals surface area contributed by atoms with Crippen LogP contribution in [0, 0.1) is 0 Å². The van der Waals surface area contributed by atoms with Crippen LogP contribution in [0.25, 0.3) is 10.2 Å². The van der Waals surface area contributed by atoms with Crippen LogP contribution in [-0.4, -0.2) is 48.8 Å². The summed E-state index contributed by atoms with van der Waals surface area (Å²) in [5, 5.41) is 4.51. The standard InChI is InChI=1S/C14H18BrN3OS/c1-10(9-18-4-6-19-7-5-18)16-14-17-12-8-11(15)2-3-13(12)20-14/h2-3,8,10H,4-7,9H2,1H3,(H,16,17). The third kappa shape index (κ3) is 3.49. The monoisotopic (exact) mass is 355 g/mol. The van der Waals surface area contributed by atoms with Gasteiger partial charge >= 0.3 is 0 Å². The van der Waals surface area contributed by atoms with E-state index < -0.39 is 0 Å². The fourth-order valence-electron chi connectivity index (χ4n) is 2.39. The number of rotatable bonds is 4. The minimum absolute atomic E-state index is 0.386. The maximum Gasteiger partial charge on any atom is 0.184 e. The summed E-state index contributed by atoms with van der Waals surface area (Å²) in [7, 11) is 0. The van der Waals surface area contributed by atoms with Gasteiger partial charge < -0.3 is 10.1 Å². The normalized spacial score (nSPS) is 18.3. The molecule has 4 nitrogen and oxygen atoms in total. The molecule has 1 aromatic carbocycles. The average molecular weight is 356 g/mol. The summed E-state index contributed by atoms with van der Waals surface area (Å²) in [6.07, 6.45) is 0. The van der Waals surface area contributed by atoms with Gasteiger partial charge in [-0.2, -0.15) is 0 Å². The summed E-state index contributed by atoms with van der Waals surface area (Å²) < 4.78 is 7.66. The van der Waals surface area contributed by atoms with Crippen LogP contribution in [0.3, 0.4) is 0 Å². The first-order valence-electron chi connectivity index (χ1n) is 6.83. The third-order valence-corrected chi connectivity index (χ3v) is 4.82. The van der Waals surface area contributed by atoms with E-state index in [1.165, 1.54) is 4.70 Å². The molecule has 1 unspecified atom stereocenters. The Balaban J connectivity index is 1.63. The maximum absolute atomic E-state index is 5.37. The van der Waals surface area contributed by atoms with Crippen LogP contribution in [0.2, 0.25) is 0 Å². The molecule has 0 amide bonds. The summed E-state index contributed by atoms with van der Waals surface area (Å²) in [4.78, 5) is 7.08. The van der Waals surface area contributed by atoms with Crippen molar-refractivity contribution in [2.75, 3.05) is 38.2 Å². The van der Waals surface area contributed by atoms with Crippen molar-refractivity contribution in [3.8, 4) is 0 Å². The van der Waals surface area contributed by atoms with Crippen LogP contribution < -0.4 is 5.32 Å². The van der Waals surface area contributed by atoms with Crippen molar-refractivity contribution < 1.29 is 4.74 Å². The van der Waals surface area contributed by atoms with E-state index in [4.69, 9.17) is 4.74 Å². The van der Waals surface area contributed by atoms with E-state index in [9.17, 15) is 0 Å². The number of benzene rings is 1. The lowest BCUT2D eigenvalue weighted by atomic mass is 10.3. The summed E-state index contributed by atoms with van der Waals surface area (Å²) in [5.41, 5.74) is 1.05. The number of hydrogen-bond acceptors (Lipinski definition) is 5. The van der Waals surface area contributed by atoms with Gasteiger partial charge in [-0.05, 0) is 25.1 Å². The number of hydrogen-bond donors (Lipinski definition) is 1. The molecule has 1 aliphatic heterocycles. The Labute approximate surface area is 131 Å². The zero-order chi connectivity index (χ0) is 13.9. The van der Waals surface area contributed by atoms with Gasteiger partial charge in [-0.25, -0.2) is 4.98 Å². The van der Waals surface area contributed by atoms with E-state index in [2.05, 4.69) is 56.3 Å². The molecule has 1 N–H and O–H groups in total. The number of nitrogens with zero attached hydrogens (tertiary/aromatic N) is 2. The number of halogens is 1. The van der Waals surface area contributed by atoms with Gasteiger partial charge in [0.05, 0.1) is 23.4 Å². The fraction of sp³-hybridized carbons (Fsp3) is 0.500. The number of anilines is 1. The first kappa shape index (κ1) is 14.3. The number of morpholine rings is 1. The number of nitrogens with one attached hydrogen (secondary N) is 1. The molecule has 0 radical (unpaired) electrons. The molecule has 2 aromatic rings. The Kier molecular flexibility index (Phi) is 4.55. The summed E-state index contributed by atoms with van der Waals surface area (Å²) in [5.74, 6) is 0. The molecule has 3 rings (SSSR count). The van der Waals surface area contributed by atoms with Gasteiger partial charge in [-0.3, -0.25) is 4.90 Å². The highest BCUT2D eigenvalue weighted by atomic mass is 79.9. The van der Waals surface area contributed by atoms with Crippen molar-refractivity contribution in [1.29, 1.82) is 0 Å². The number of fused-ring (bicyclic) bond motifs is 1. The molecule has 1 saturated heterocycles. The zero-order valence-corrected chi connectivity index (χ0v) is 13.8. The van der Waals surface area contributed by atoms with Gasteiger partial charge in [0.15, 0.2) is 5.13 Å². The third-order valence-electron chi connectivity index (χ3n) is 3.36. The topological polar surface area (TPSA) is 37.4 Å². The highest BCUT2D eigenvalue weighted by Crippen LogP contribution is 2.28. The SMILES string of the molecule is CC(CN1CCOCC1)Nc1nc2cc(Br)ccc2s1. The highest BCUT2D eigenvalue weighted by molar-refractivity contribution is 9.10. The van der Waals surface area contributed by atoms with Crippen molar-refractivity contribution in [3.63, 3.8) is 0 Å². The molecule has 108 valence electrons. The van der Waals surface area contributed by atoms with E-state index in [1.807, 2.05) is 0 Å². The fourth-order valence-corrected chi connectivity index (χ4v) is 3.70. The van der Waals surface area contributed by atoms with Crippen LogP contribution in [0.1, 0.15) is 6.92 Å². The molecule has 6 heteroatoms. The van der Waals surface area contributed by atoms with Gasteiger partial charge in [-0.1, -0.05) is 27.3 Å². The Morgan fingerprint density at radius 2 is 2.25 bits per heavy atom. The van der Waals surface area contributed by atoms with E-state index >= 15 is 0 Å². The number of aromatic nitrogens is 1. The molecule has 0 saturated carbocycles. The molecule has 2 heterocycles. The van der Waals surface area contributed by atoms with Crippen molar-refractivity contribution in [2.45, 2.75) is 13.0 Å². The first-order valence-corrected chi connectivity index (χ1v) is 8.44. The summed E-state index contributed by atoms with van der Waals surface area (Å²) in [6, 6.07) is 6.61. The quantitative estimate of drug-likeness (QED) is 0.913. The van der Waals surface area contributed by atoms with Crippen LogP contribution in [0.4, 0.5) is 5.13 Å². The Bertz CT molecular complexity index is 583. The van der Waals surface area contributed by atoms with Crippen molar-refractivity contribution in [1.82, 2.24) is 9.88 Å². The number of thiazole rings is 1. The van der Waals surface area contributed by atoms with Gasteiger partial charge in [0.25, 0.3) is 0 Å². The lowest BCUT2D eigenvalue weighted by molar-refractivity contribution is 0.0368. The van der Waals surface area contributed by atoms with E-state index in [0.717, 1.165) is 48.0 Å². The van der Waals surface area contributed by atoms with Crippen LogP contribution in [0.15, 0.2) is 22.7 Å². The van der Waals surface area contributed by atoms with Gasteiger partial charge in [-0.15, -0.1) is 0 Å². The first-order chi connectivity index (χ1) is 9.70. The second-order valence-electron chi connectivity index (χ2n) is 5.09. The molecule has 1 aliphatic rings. The minimum atomic E-state index is 0.386. The van der Waals surface area contributed by atoms with E-state index in [-0.39, 0.29) is 0 Å². The predicted molar refractivity (Wildman–Crippen MR) is 87.7 cm³/mol. The molecule has 20 heavy (non-hydrogen) atoms. The molecule has 1 aromatic heterocycles. The number of ether oxygens (including phenoxy) is 1. The lowest BCUT2D eigenvalue weighted by Gasteiger charge is -2.29. The Morgan fingerprint density at radius 1 is 1.45 bits per heavy atom. The Morgan fingerprint density at radius 3 is 3.05 bits per heavy atom. The van der Waals surface area contributed by atoms with Crippen molar-refractivity contribution >= 4 is 42.6 Å². The highest BCUT2D eigenvalue weighted by Gasteiger charge is 2.14. The second-order valence-corrected chi connectivity index (χ2v) is 7.04. The average Bonchev–Trinajstić information content (AvgIpc) is 2.80. The zero-order valence-electron chi connectivity index (χ0n) is 11.4. The predicted octanol–water partition coefficient (Wildman–Crippen LogP) is 3.19. The smallest absolute Gasteiger partial charge is 0.184 e. The van der Waals surface area contributed by atoms with E-state index in [1.54, 1.807) is 11.3 Å². The molecule has 0 bridgehead atoms. The molecule has 0 spiro atoms. The molecule has 1 atom stereocenters. The van der Waals surface area contributed by atoms with E-state index in [0.29, 0.717) is 6.04 Å². The van der Waals surface area contributed by atoms with Crippen molar-refractivity contribution in [2.24, 2.45) is 0 Å². The lowest BCUT2D eigenvalue weighted by Crippen LogP contribution is -2.42.